The summed E-state index contributed by atoms with van der Waals surface area (Å²) in [6.07, 6.45) is 0.314. The maximum absolute atomic E-state index is 12.4. The molecule has 1 heterocycles. The lowest BCUT2D eigenvalue weighted by Gasteiger charge is -2.14. The van der Waals surface area contributed by atoms with E-state index >= 15 is 0 Å². The molecule has 0 fully saturated rings. The second kappa shape index (κ2) is 8.64. The van der Waals surface area contributed by atoms with Crippen LogP contribution < -0.4 is 10.1 Å². The number of hydrogen-bond donors (Lipinski definition) is 2. The molecule has 2 aromatic carbocycles. The lowest BCUT2D eigenvalue weighted by molar-refractivity contribution is -0.121. The van der Waals surface area contributed by atoms with Crippen molar-refractivity contribution in [1.29, 1.82) is 0 Å². The van der Waals surface area contributed by atoms with Gasteiger partial charge in [0, 0.05) is 18.5 Å². The number of carbonyl (C=O) groups is 1. The van der Waals surface area contributed by atoms with Crippen LogP contribution in [0.15, 0.2) is 54.6 Å². The van der Waals surface area contributed by atoms with Crippen molar-refractivity contribution in [3.8, 4) is 17.1 Å². The molecule has 0 saturated carbocycles. The van der Waals surface area contributed by atoms with Crippen molar-refractivity contribution in [2.75, 3.05) is 7.11 Å². The monoisotopic (exact) mass is 382 g/mol. The van der Waals surface area contributed by atoms with Gasteiger partial charge in [0.15, 0.2) is 10.6 Å². The number of amides is 1. The van der Waals surface area contributed by atoms with E-state index in [-0.39, 0.29) is 11.9 Å². The maximum Gasteiger partial charge on any atom is 0.222 e. The van der Waals surface area contributed by atoms with Crippen LogP contribution in [0.1, 0.15) is 24.9 Å². The Morgan fingerprint density at radius 1 is 1.22 bits per heavy atom. The van der Waals surface area contributed by atoms with Crippen LogP contribution in [-0.4, -0.2) is 27.8 Å². The third kappa shape index (κ3) is 4.62. The van der Waals surface area contributed by atoms with Crippen LogP contribution in [0.4, 0.5) is 0 Å². The van der Waals surface area contributed by atoms with E-state index in [2.05, 4.69) is 15.5 Å². The molecule has 2 N–H and O–H groups in total. The summed E-state index contributed by atoms with van der Waals surface area (Å²) in [6.45, 7) is 2.42. The highest BCUT2D eigenvalue weighted by Gasteiger charge is 2.13. The largest absolute Gasteiger partial charge is 0.497 e. The number of carbonyl (C=O) groups excluding carboxylic acids is 1. The summed E-state index contributed by atoms with van der Waals surface area (Å²) < 4.78 is 7.51. The molecule has 0 aliphatic rings. The Labute approximate surface area is 163 Å². The molecule has 0 saturated heterocycles. The zero-order valence-electron chi connectivity index (χ0n) is 15.3. The number of H-pyrrole nitrogens is 1. The lowest BCUT2D eigenvalue weighted by atomic mass is 10.1. The van der Waals surface area contributed by atoms with Crippen LogP contribution in [0.5, 0.6) is 5.75 Å². The minimum absolute atomic E-state index is 0.0323. The van der Waals surface area contributed by atoms with Gasteiger partial charge in [0.1, 0.15) is 5.75 Å². The van der Waals surface area contributed by atoms with Crippen molar-refractivity contribution < 1.29 is 9.53 Å². The van der Waals surface area contributed by atoms with Crippen molar-refractivity contribution in [2.45, 2.75) is 25.9 Å². The van der Waals surface area contributed by atoms with Crippen molar-refractivity contribution in [3.05, 3.63) is 64.9 Å². The Morgan fingerprint density at radius 3 is 2.59 bits per heavy atom. The summed E-state index contributed by atoms with van der Waals surface area (Å²) >= 11 is 5.33. The van der Waals surface area contributed by atoms with E-state index in [1.54, 1.807) is 7.11 Å². The fraction of sp³-hybridized carbons (Fsp3) is 0.250. The number of nitrogens with one attached hydrogen (secondary N) is 2. The summed E-state index contributed by atoms with van der Waals surface area (Å²) in [5.74, 6) is 1.44. The molecule has 1 atom stereocenters. The number of ether oxygens (including phenoxy) is 1. The van der Waals surface area contributed by atoms with E-state index in [0.29, 0.717) is 23.6 Å². The molecule has 6 nitrogen and oxygen atoms in total. The quantitative estimate of drug-likeness (QED) is 0.608. The van der Waals surface area contributed by atoms with Gasteiger partial charge in [-0.05, 0) is 49.0 Å². The molecule has 0 radical (unpaired) electrons. The predicted molar refractivity (Wildman–Crippen MR) is 107 cm³/mol. The van der Waals surface area contributed by atoms with Crippen LogP contribution >= 0.6 is 12.2 Å². The van der Waals surface area contributed by atoms with Gasteiger partial charge in [0.2, 0.25) is 5.91 Å². The third-order valence-electron chi connectivity index (χ3n) is 4.35. The van der Waals surface area contributed by atoms with E-state index in [1.165, 1.54) is 0 Å². The molecular formula is C20H22N4O2S. The van der Waals surface area contributed by atoms with Gasteiger partial charge in [-0.2, -0.15) is 5.10 Å². The Morgan fingerprint density at radius 2 is 1.93 bits per heavy atom. The SMILES string of the molecule is COc1ccc(-c2n[nH]c(=S)n2CCC(=O)N[C@@H](C)c2ccccc2)cc1. The minimum atomic E-state index is -0.0444. The normalized spacial score (nSPS) is 11.8. The number of hydrogen-bond acceptors (Lipinski definition) is 4. The Kier molecular flexibility index (Phi) is 6.03. The fourth-order valence-corrected chi connectivity index (χ4v) is 3.06. The maximum atomic E-state index is 12.4. The first kappa shape index (κ1) is 18.8. The molecular weight excluding hydrogens is 360 g/mol. The second-order valence-corrected chi connectivity index (χ2v) is 6.57. The van der Waals surface area contributed by atoms with Crippen LogP contribution in [0.3, 0.4) is 0 Å². The summed E-state index contributed by atoms with van der Waals surface area (Å²) in [6, 6.07) is 17.4. The summed E-state index contributed by atoms with van der Waals surface area (Å²) in [7, 11) is 1.63. The van der Waals surface area contributed by atoms with Crippen molar-refractivity contribution in [2.24, 2.45) is 0 Å². The van der Waals surface area contributed by atoms with Crippen molar-refractivity contribution >= 4 is 18.1 Å². The highest BCUT2D eigenvalue weighted by molar-refractivity contribution is 7.71. The molecule has 1 amide bonds. The molecule has 140 valence electrons. The Hall–Kier alpha value is -2.93. The molecule has 0 bridgehead atoms. The number of aromatic nitrogens is 3. The summed E-state index contributed by atoms with van der Waals surface area (Å²) in [5.41, 5.74) is 1.98. The number of benzene rings is 2. The Balaban J connectivity index is 1.66. The fourth-order valence-electron chi connectivity index (χ4n) is 2.84. The predicted octanol–water partition coefficient (Wildman–Crippen LogP) is 3.88. The van der Waals surface area contributed by atoms with Gasteiger partial charge in [0.05, 0.1) is 13.2 Å². The molecule has 3 aromatic rings. The molecule has 1 aromatic heterocycles. The molecule has 7 heteroatoms. The number of nitrogens with zero attached hydrogens (tertiary/aromatic N) is 2. The average molecular weight is 382 g/mol. The van der Waals surface area contributed by atoms with Gasteiger partial charge < -0.3 is 10.1 Å². The third-order valence-corrected chi connectivity index (χ3v) is 4.66. The number of methoxy groups -OCH3 is 1. The van der Waals surface area contributed by atoms with Gasteiger partial charge in [-0.1, -0.05) is 30.3 Å². The standard InChI is InChI=1S/C20H22N4O2S/c1-14(15-6-4-3-5-7-15)21-18(25)12-13-24-19(22-23-20(24)27)16-8-10-17(26-2)11-9-16/h3-11,14H,12-13H2,1-2H3,(H,21,25)(H,23,27)/t14-/m0/s1. The van der Waals surface area contributed by atoms with Crippen LogP contribution in [0.2, 0.25) is 0 Å². The first-order chi connectivity index (χ1) is 13.1. The van der Waals surface area contributed by atoms with E-state index in [1.807, 2.05) is 66.1 Å². The van der Waals surface area contributed by atoms with Gasteiger partial charge in [-0.25, -0.2) is 0 Å². The summed E-state index contributed by atoms with van der Waals surface area (Å²) in [5, 5.41) is 10.1. The number of rotatable bonds is 7. The van der Waals surface area contributed by atoms with Crippen LogP contribution in [-0.2, 0) is 11.3 Å². The minimum Gasteiger partial charge on any atom is -0.497 e. The molecule has 27 heavy (non-hydrogen) atoms. The zero-order chi connectivity index (χ0) is 19.2. The van der Waals surface area contributed by atoms with Gasteiger partial charge in [0.25, 0.3) is 0 Å². The second-order valence-electron chi connectivity index (χ2n) is 6.18. The van der Waals surface area contributed by atoms with E-state index in [9.17, 15) is 4.79 Å². The molecule has 3 rings (SSSR count). The van der Waals surface area contributed by atoms with E-state index in [0.717, 1.165) is 16.9 Å². The van der Waals surface area contributed by atoms with E-state index in [4.69, 9.17) is 17.0 Å². The van der Waals surface area contributed by atoms with Crippen molar-refractivity contribution in [1.82, 2.24) is 20.1 Å². The van der Waals surface area contributed by atoms with Crippen molar-refractivity contribution in [3.63, 3.8) is 0 Å². The highest BCUT2D eigenvalue weighted by atomic mass is 32.1. The highest BCUT2D eigenvalue weighted by Crippen LogP contribution is 2.21. The van der Waals surface area contributed by atoms with Crippen LogP contribution in [0.25, 0.3) is 11.4 Å². The van der Waals surface area contributed by atoms with Crippen LogP contribution in [0, 0.1) is 4.77 Å². The zero-order valence-corrected chi connectivity index (χ0v) is 16.1. The van der Waals surface area contributed by atoms with Gasteiger partial charge >= 0.3 is 0 Å². The first-order valence-corrected chi connectivity index (χ1v) is 9.13. The first-order valence-electron chi connectivity index (χ1n) is 8.72. The molecule has 0 unspecified atom stereocenters. The smallest absolute Gasteiger partial charge is 0.222 e. The molecule has 0 spiro atoms. The molecule has 0 aliphatic heterocycles. The lowest BCUT2D eigenvalue weighted by Crippen LogP contribution is -2.27. The Bertz CT molecular complexity index is 948. The van der Waals surface area contributed by atoms with Gasteiger partial charge in [-0.3, -0.25) is 14.5 Å². The van der Waals surface area contributed by atoms with E-state index < -0.39 is 0 Å². The number of aromatic amines is 1. The van der Waals surface area contributed by atoms with Gasteiger partial charge in [-0.15, -0.1) is 0 Å². The molecule has 0 aliphatic carbocycles. The summed E-state index contributed by atoms with van der Waals surface area (Å²) in [4.78, 5) is 12.4. The average Bonchev–Trinajstić information content (AvgIpc) is 3.07. The topological polar surface area (TPSA) is 71.9 Å².